The number of rotatable bonds is 4. The molecule has 0 fully saturated rings. The Morgan fingerprint density at radius 1 is 1.50 bits per heavy atom. The molecule has 0 spiro atoms. The maximum absolute atomic E-state index is 12.0. The lowest BCUT2D eigenvalue weighted by atomic mass is 10.2. The van der Waals surface area contributed by atoms with E-state index in [1.54, 1.807) is 5.32 Å². The number of nitro groups is 1. The van der Waals surface area contributed by atoms with Crippen LogP contribution in [0.25, 0.3) is 0 Å². The summed E-state index contributed by atoms with van der Waals surface area (Å²) >= 11 is 5.62. The Bertz CT molecular complexity index is 536. The largest absolute Gasteiger partial charge is 0.416 e. The van der Waals surface area contributed by atoms with E-state index in [1.807, 2.05) is 0 Å². The summed E-state index contributed by atoms with van der Waals surface area (Å²) in [5.74, 6) is -1.05. The monoisotopic (exact) mass is 312 g/mol. The Morgan fingerprint density at radius 2 is 2.10 bits per heavy atom. The average Bonchev–Trinajstić information content (AvgIpc) is 2.34. The Morgan fingerprint density at radius 3 is 2.60 bits per heavy atom. The van der Waals surface area contributed by atoms with E-state index < -0.39 is 40.4 Å². The standard InChI is InChI=1S/C10H8ClF3N2O4/c11-8-5(2-1-3-6(8)16(19)20)9(18)15-4-7(17)10(12,13)14/h1-3,7,17H,4H2,(H,15,18). The molecule has 10 heteroatoms. The van der Waals surface area contributed by atoms with E-state index in [2.05, 4.69) is 0 Å². The second kappa shape index (κ2) is 6.06. The van der Waals surface area contributed by atoms with Crippen molar-refractivity contribution < 1.29 is 28.0 Å². The second-order valence-electron chi connectivity index (χ2n) is 3.66. The summed E-state index contributed by atoms with van der Waals surface area (Å²) in [4.78, 5) is 21.3. The smallest absolute Gasteiger partial charge is 0.382 e. The van der Waals surface area contributed by atoms with Crippen LogP contribution in [0.15, 0.2) is 18.2 Å². The topological polar surface area (TPSA) is 92.5 Å². The van der Waals surface area contributed by atoms with Crippen molar-refractivity contribution in [3.05, 3.63) is 38.9 Å². The van der Waals surface area contributed by atoms with E-state index in [0.29, 0.717) is 0 Å². The number of nitro benzene ring substituents is 1. The van der Waals surface area contributed by atoms with Crippen molar-refractivity contribution in [2.45, 2.75) is 12.3 Å². The normalized spacial score (nSPS) is 12.8. The minimum Gasteiger partial charge on any atom is -0.382 e. The number of aliphatic hydroxyl groups excluding tert-OH is 1. The first-order valence-corrected chi connectivity index (χ1v) is 5.48. The predicted molar refractivity (Wildman–Crippen MR) is 62.5 cm³/mol. The third-order valence-electron chi connectivity index (χ3n) is 2.25. The van der Waals surface area contributed by atoms with Crippen molar-refractivity contribution in [1.29, 1.82) is 0 Å². The molecule has 1 amide bonds. The highest BCUT2D eigenvalue weighted by Gasteiger charge is 2.38. The number of alkyl halides is 3. The molecule has 20 heavy (non-hydrogen) atoms. The molecular weight excluding hydrogens is 305 g/mol. The first-order valence-electron chi connectivity index (χ1n) is 5.10. The molecule has 0 bridgehead atoms. The number of aliphatic hydroxyl groups is 1. The highest BCUT2D eigenvalue weighted by atomic mass is 35.5. The highest BCUT2D eigenvalue weighted by Crippen LogP contribution is 2.27. The SMILES string of the molecule is O=C(NCC(O)C(F)(F)F)c1cccc([N+](=O)[O-])c1Cl. The summed E-state index contributed by atoms with van der Waals surface area (Å²) in [6.45, 7) is -1.08. The lowest BCUT2D eigenvalue weighted by molar-refractivity contribution is -0.384. The molecule has 2 N–H and O–H groups in total. The van der Waals surface area contributed by atoms with Gasteiger partial charge in [-0.1, -0.05) is 17.7 Å². The van der Waals surface area contributed by atoms with Gasteiger partial charge in [0, 0.05) is 6.07 Å². The maximum atomic E-state index is 12.0. The molecule has 0 radical (unpaired) electrons. The van der Waals surface area contributed by atoms with Crippen LogP contribution >= 0.6 is 11.6 Å². The minimum absolute atomic E-state index is 0.352. The molecule has 1 unspecified atom stereocenters. The third kappa shape index (κ3) is 3.81. The number of carbonyl (C=O) groups is 1. The van der Waals surface area contributed by atoms with Crippen molar-refractivity contribution in [1.82, 2.24) is 5.32 Å². The Kier molecular flexibility index (Phi) is 4.90. The molecule has 6 nitrogen and oxygen atoms in total. The van der Waals surface area contributed by atoms with Gasteiger partial charge in [-0.3, -0.25) is 14.9 Å². The molecule has 0 aliphatic heterocycles. The summed E-state index contributed by atoms with van der Waals surface area (Å²) in [6, 6.07) is 3.33. The molecule has 1 rings (SSSR count). The number of amides is 1. The van der Waals surface area contributed by atoms with Crippen LogP contribution in [0.2, 0.25) is 5.02 Å². The molecule has 0 saturated heterocycles. The molecule has 0 aromatic heterocycles. The van der Waals surface area contributed by atoms with Crippen LogP contribution in [0.4, 0.5) is 18.9 Å². The van der Waals surface area contributed by atoms with Gasteiger partial charge in [0.05, 0.1) is 17.0 Å². The molecular formula is C10H8ClF3N2O4. The van der Waals surface area contributed by atoms with E-state index >= 15 is 0 Å². The quantitative estimate of drug-likeness (QED) is 0.656. The van der Waals surface area contributed by atoms with Crippen LogP contribution in [0.3, 0.4) is 0 Å². The van der Waals surface area contributed by atoms with E-state index in [1.165, 1.54) is 6.07 Å². The van der Waals surface area contributed by atoms with Crippen molar-refractivity contribution in [3.63, 3.8) is 0 Å². The molecule has 0 heterocycles. The van der Waals surface area contributed by atoms with Crippen molar-refractivity contribution >= 4 is 23.2 Å². The van der Waals surface area contributed by atoms with Crippen molar-refractivity contribution in [2.75, 3.05) is 6.54 Å². The summed E-state index contributed by atoms with van der Waals surface area (Å²) in [5.41, 5.74) is -0.897. The molecule has 0 aliphatic rings. The first-order chi connectivity index (χ1) is 9.14. The van der Waals surface area contributed by atoms with Crippen molar-refractivity contribution in [3.8, 4) is 0 Å². The van der Waals surface area contributed by atoms with Crippen LogP contribution in [-0.4, -0.2) is 34.8 Å². The zero-order valence-corrected chi connectivity index (χ0v) is 10.4. The number of carbonyl (C=O) groups excluding carboxylic acids is 1. The molecule has 1 aromatic rings. The van der Waals surface area contributed by atoms with E-state index in [-0.39, 0.29) is 5.56 Å². The maximum Gasteiger partial charge on any atom is 0.416 e. The van der Waals surface area contributed by atoms with Crippen LogP contribution in [0.5, 0.6) is 0 Å². The lowest BCUT2D eigenvalue weighted by Gasteiger charge is -2.15. The molecule has 1 aromatic carbocycles. The summed E-state index contributed by atoms with van der Waals surface area (Å²) in [5, 5.41) is 20.6. The van der Waals surface area contributed by atoms with Gasteiger partial charge in [0.2, 0.25) is 0 Å². The zero-order valence-electron chi connectivity index (χ0n) is 9.65. The van der Waals surface area contributed by atoms with Gasteiger partial charge in [-0.05, 0) is 6.07 Å². The average molecular weight is 313 g/mol. The van der Waals surface area contributed by atoms with E-state index in [9.17, 15) is 28.1 Å². The van der Waals surface area contributed by atoms with Gasteiger partial charge in [0.25, 0.3) is 11.6 Å². The zero-order chi connectivity index (χ0) is 15.5. The van der Waals surface area contributed by atoms with Gasteiger partial charge in [-0.2, -0.15) is 13.2 Å². The van der Waals surface area contributed by atoms with Gasteiger partial charge in [-0.15, -0.1) is 0 Å². The number of nitrogens with one attached hydrogen (secondary N) is 1. The number of hydrogen-bond acceptors (Lipinski definition) is 4. The van der Waals surface area contributed by atoms with E-state index in [0.717, 1.165) is 12.1 Å². The Hall–Kier alpha value is -1.87. The third-order valence-corrected chi connectivity index (χ3v) is 2.65. The molecule has 1 atom stereocenters. The molecule has 110 valence electrons. The Labute approximate surface area is 115 Å². The summed E-state index contributed by atoms with van der Waals surface area (Å²) in [7, 11) is 0. The van der Waals surface area contributed by atoms with Gasteiger partial charge < -0.3 is 10.4 Å². The fourth-order valence-corrected chi connectivity index (χ4v) is 1.52. The van der Waals surface area contributed by atoms with Gasteiger partial charge in [-0.25, -0.2) is 0 Å². The minimum atomic E-state index is -4.88. The van der Waals surface area contributed by atoms with Gasteiger partial charge in [0.1, 0.15) is 5.02 Å². The van der Waals surface area contributed by atoms with Crippen molar-refractivity contribution in [2.24, 2.45) is 0 Å². The van der Waals surface area contributed by atoms with Crippen LogP contribution in [-0.2, 0) is 0 Å². The van der Waals surface area contributed by atoms with Crippen LogP contribution in [0, 0.1) is 10.1 Å². The number of benzene rings is 1. The van der Waals surface area contributed by atoms with Gasteiger partial charge in [0.15, 0.2) is 6.10 Å². The highest BCUT2D eigenvalue weighted by molar-refractivity contribution is 6.35. The second-order valence-corrected chi connectivity index (χ2v) is 4.04. The summed E-state index contributed by atoms with van der Waals surface area (Å²) < 4.78 is 36.1. The van der Waals surface area contributed by atoms with E-state index in [4.69, 9.17) is 16.7 Å². The first kappa shape index (κ1) is 16.2. The Balaban J connectivity index is 2.84. The fourth-order valence-electron chi connectivity index (χ4n) is 1.24. The molecule has 0 saturated carbocycles. The fraction of sp³-hybridized carbons (Fsp3) is 0.300. The number of hydrogen-bond donors (Lipinski definition) is 2. The van der Waals surface area contributed by atoms with Crippen LogP contribution in [0.1, 0.15) is 10.4 Å². The lowest BCUT2D eigenvalue weighted by Crippen LogP contribution is -2.40. The van der Waals surface area contributed by atoms with Crippen LogP contribution < -0.4 is 5.32 Å². The van der Waals surface area contributed by atoms with Gasteiger partial charge >= 0.3 is 6.18 Å². The predicted octanol–water partition coefficient (Wildman–Crippen LogP) is 1.90. The number of nitrogens with zero attached hydrogens (tertiary/aromatic N) is 1. The summed E-state index contributed by atoms with van der Waals surface area (Å²) in [6.07, 6.45) is -7.61. The molecule has 0 aliphatic carbocycles. The number of halogens is 4.